The van der Waals surface area contributed by atoms with Gasteiger partial charge in [0, 0.05) is 5.70 Å². The van der Waals surface area contributed by atoms with Gasteiger partial charge in [-0.05, 0) is 32.9 Å². The Balaban J connectivity index is -0.000000224. The average Bonchev–Trinajstić information content (AvgIpc) is 2.45. The van der Waals surface area contributed by atoms with E-state index in [-0.39, 0.29) is 11.4 Å². The fourth-order valence-corrected chi connectivity index (χ4v) is 0.287. The maximum atomic E-state index is 9.72. The fourth-order valence-electron chi connectivity index (χ4n) is 0.287. The molecular formula is C8H15Cl2CoN4O4-. The van der Waals surface area contributed by atoms with Gasteiger partial charge in [-0.2, -0.15) is 0 Å². The number of halogens is 2. The molecule has 0 aromatic carbocycles. The molecule has 0 aromatic rings. The number of allylic oxidation sites excluding steroid dienone is 2. The van der Waals surface area contributed by atoms with Crippen molar-refractivity contribution in [2.75, 3.05) is 0 Å². The molecule has 0 rings (SSSR count). The first-order chi connectivity index (χ1) is 8.85. The van der Waals surface area contributed by atoms with Crippen LogP contribution in [0.3, 0.4) is 0 Å². The van der Waals surface area contributed by atoms with Gasteiger partial charge in [0.05, 0.1) is 5.70 Å². The summed E-state index contributed by atoms with van der Waals surface area (Å²) in [6.45, 7) is 6.03. The zero-order chi connectivity index (χ0) is 15.8. The van der Waals surface area contributed by atoms with E-state index in [1.807, 2.05) is 0 Å². The van der Waals surface area contributed by atoms with Crippen molar-refractivity contribution in [1.82, 2.24) is 5.48 Å². The van der Waals surface area contributed by atoms with Crippen LogP contribution in [-0.2, 0) is 12.9 Å². The molecule has 0 saturated heterocycles. The molecule has 0 aliphatic carbocycles. The number of rotatable bonds is 3. The SMILES string of the molecule is C/C(N=O)=C(\C)N[O-].CC(=N\O)/C(C)=N/O.[Cl][Co][Cl]. The number of nitrogens with one attached hydrogen (secondary N) is 1. The van der Waals surface area contributed by atoms with Crippen LogP contribution in [0.4, 0.5) is 0 Å². The number of nitrogens with zero attached hydrogens (tertiary/aromatic N) is 3. The minimum absolute atomic E-state index is 0.194. The maximum absolute atomic E-state index is 9.72. The number of hydroxylamine groups is 1. The Labute approximate surface area is 125 Å². The van der Waals surface area contributed by atoms with Crippen LogP contribution in [-0.4, -0.2) is 21.8 Å². The van der Waals surface area contributed by atoms with Gasteiger partial charge in [-0.25, -0.2) is 0 Å². The third-order valence-corrected chi connectivity index (χ3v) is 1.66. The molecule has 11 heteroatoms. The van der Waals surface area contributed by atoms with E-state index in [9.17, 15) is 10.1 Å². The molecule has 0 unspecified atom stereocenters. The predicted octanol–water partition coefficient (Wildman–Crippen LogP) is 3.15. The van der Waals surface area contributed by atoms with Gasteiger partial charge in [0.1, 0.15) is 11.4 Å². The molecule has 0 aromatic heterocycles. The topological polar surface area (TPSA) is 130 Å². The number of oxime groups is 2. The molecule has 0 saturated carbocycles. The number of nitroso groups, excluding NO2 is 1. The first-order valence-corrected chi connectivity index (χ1v) is 7.32. The van der Waals surface area contributed by atoms with Gasteiger partial charge in [0.2, 0.25) is 0 Å². The van der Waals surface area contributed by atoms with Gasteiger partial charge in [-0.3, -0.25) is 0 Å². The first-order valence-electron chi connectivity index (χ1n) is 4.46. The van der Waals surface area contributed by atoms with Crippen LogP contribution >= 0.6 is 20.3 Å². The molecule has 19 heavy (non-hydrogen) atoms. The van der Waals surface area contributed by atoms with Gasteiger partial charge in [-0.15, -0.1) is 4.91 Å². The van der Waals surface area contributed by atoms with E-state index >= 15 is 0 Å². The summed E-state index contributed by atoms with van der Waals surface area (Å²) in [5.41, 5.74) is 2.63. The Morgan fingerprint density at radius 3 is 1.53 bits per heavy atom. The van der Waals surface area contributed by atoms with E-state index < -0.39 is 0 Å². The molecule has 0 bridgehead atoms. The standard InChI is InChI=1S/C4H8N2O2.C4H7N2O2.2ClH.Co/c2*1-3(5-7)4(2)6-8;;;/h7-8H,1-2H3;5H,1-2H3;2*1H;/q;-1;;;+2/p-2/b5-3+,6-4+;4-3-;;;. The van der Waals surface area contributed by atoms with Gasteiger partial charge >= 0.3 is 33.2 Å². The van der Waals surface area contributed by atoms with Crippen LogP contribution in [0.2, 0.25) is 0 Å². The Hall–Kier alpha value is -0.874. The normalized spacial score (nSPS) is 12.4. The summed E-state index contributed by atoms with van der Waals surface area (Å²) in [7, 11) is 9.47. The summed E-state index contributed by atoms with van der Waals surface area (Å²) in [4.78, 5) is 9.62. The summed E-state index contributed by atoms with van der Waals surface area (Å²) in [5.74, 6) is 0. The Kier molecular flexibility index (Phi) is 20.9. The van der Waals surface area contributed by atoms with Crippen LogP contribution < -0.4 is 5.48 Å². The van der Waals surface area contributed by atoms with Crippen LogP contribution in [0.25, 0.3) is 0 Å². The summed E-state index contributed by atoms with van der Waals surface area (Å²) >= 11 is 0.382. The van der Waals surface area contributed by atoms with Gasteiger partial charge < -0.3 is 21.1 Å². The monoisotopic (exact) mass is 360 g/mol. The van der Waals surface area contributed by atoms with Crippen molar-refractivity contribution in [2.24, 2.45) is 15.5 Å². The molecule has 0 heterocycles. The predicted molar refractivity (Wildman–Crippen MR) is 72.2 cm³/mol. The van der Waals surface area contributed by atoms with Crippen molar-refractivity contribution in [1.29, 1.82) is 0 Å². The molecule has 115 valence electrons. The summed E-state index contributed by atoms with van der Waals surface area (Å²) in [5, 5.41) is 33.9. The molecule has 0 aliphatic heterocycles. The average molecular weight is 361 g/mol. The zero-order valence-electron chi connectivity index (χ0n) is 10.6. The summed E-state index contributed by atoms with van der Waals surface area (Å²) in [6, 6.07) is 0. The zero-order valence-corrected chi connectivity index (χ0v) is 13.2. The quantitative estimate of drug-likeness (QED) is 0.308. The number of hydrogen-bond donors (Lipinski definition) is 3. The van der Waals surface area contributed by atoms with Crippen molar-refractivity contribution >= 4 is 31.7 Å². The first kappa shape index (κ1) is 23.2. The van der Waals surface area contributed by atoms with Gasteiger partial charge in [0.25, 0.3) is 0 Å². The second-order valence-corrected chi connectivity index (χ2v) is 4.54. The van der Waals surface area contributed by atoms with E-state index in [1.165, 1.54) is 27.7 Å². The van der Waals surface area contributed by atoms with Crippen molar-refractivity contribution in [3.63, 3.8) is 0 Å². The molecule has 3 N–H and O–H groups in total. The second kappa shape index (κ2) is 17.1. The van der Waals surface area contributed by atoms with Crippen molar-refractivity contribution in [3.8, 4) is 0 Å². The Morgan fingerprint density at radius 2 is 1.42 bits per heavy atom. The third kappa shape index (κ3) is 17.1. The summed E-state index contributed by atoms with van der Waals surface area (Å²) in [6.07, 6.45) is 0. The molecule has 0 atom stereocenters. The van der Waals surface area contributed by atoms with Crippen LogP contribution in [0.15, 0.2) is 26.9 Å². The van der Waals surface area contributed by atoms with E-state index in [0.717, 1.165) is 0 Å². The Bertz CT molecular complexity index is 321. The van der Waals surface area contributed by atoms with Gasteiger partial charge in [0.15, 0.2) is 0 Å². The van der Waals surface area contributed by atoms with Crippen molar-refractivity contribution < 1.29 is 23.3 Å². The van der Waals surface area contributed by atoms with E-state index in [1.54, 1.807) is 5.48 Å². The molecular weight excluding hydrogens is 346 g/mol. The second-order valence-electron chi connectivity index (χ2n) is 2.82. The van der Waals surface area contributed by atoms with E-state index in [4.69, 9.17) is 30.7 Å². The van der Waals surface area contributed by atoms with E-state index in [0.29, 0.717) is 24.3 Å². The van der Waals surface area contributed by atoms with Gasteiger partial charge in [-0.1, -0.05) is 10.3 Å². The molecule has 0 radical (unpaired) electrons. The molecule has 0 amide bonds. The molecule has 0 fully saturated rings. The van der Waals surface area contributed by atoms with Crippen LogP contribution in [0, 0.1) is 10.1 Å². The molecule has 0 spiro atoms. The third-order valence-electron chi connectivity index (χ3n) is 1.66. The Morgan fingerprint density at radius 1 is 1.11 bits per heavy atom. The molecule has 8 nitrogen and oxygen atoms in total. The van der Waals surface area contributed by atoms with Crippen LogP contribution in [0.1, 0.15) is 27.7 Å². The minimum atomic E-state index is 0.194. The number of hydrogen-bond acceptors (Lipinski definition) is 8. The van der Waals surface area contributed by atoms with Crippen LogP contribution in [0.5, 0.6) is 0 Å². The van der Waals surface area contributed by atoms with E-state index in [2.05, 4.69) is 15.5 Å². The fraction of sp³-hybridized carbons (Fsp3) is 0.500. The molecule has 0 aliphatic rings. The summed E-state index contributed by atoms with van der Waals surface area (Å²) < 4.78 is 0. The van der Waals surface area contributed by atoms with Crippen molar-refractivity contribution in [3.05, 3.63) is 21.5 Å². The van der Waals surface area contributed by atoms with Crippen molar-refractivity contribution in [2.45, 2.75) is 27.7 Å².